The zero-order chi connectivity index (χ0) is 14.2. The number of sulfonamides is 1. The van der Waals surface area contributed by atoms with Crippen molar-refractivity contribution in [3.63, 3.8) is 0 Å². The van der Waals surface area contributed by atoms with Crippen LogP contribution in [0.4, 0.5) is 5.69 Å². The van der Waals surface area contributed by atoms with Gasteiger partial charge in [0.05, 0.1) is 11.4 Å². The fourth-order valence-corrected chi connectivity index (χ4v) is 3.18. The van der Waals surface area contributed by atoms with Gasteiger partial charge in [-0.25, -0.2) is 8.42 Å². The topological polar surface area (TPSA) is 37.4 Å². The number of rotatable bonds is 5. The third-order valence-corrected chi connectivity index (χ3v) is 5.61. The highest BCUT2D eigenvalue weighted by atomic mass is 32.2. The predicted molar refractivity (Wildman–Crippen MR) is 80.4 cm³/mol. The van der Waals surface area contributed by atoms with E-state index in [0.29, 0.717) is 11.8 Å². The number of anilines is 1. The fourth-order valence-electron chi connectivity index (χ4n) is 2.34. The van der Waals surface area contributed by atoms with Gasteiger partial charge in [-0.05, 0) is 48.8 Å². The third kappa shape index (κ3) is 2.94. The van der Waals surface area contributed by atoms with Crippen LogP contribution in [-0.2, 0) is 10.0 Å². The van der Waals surface area contributed by atoms with Gasteiger partial charge in [-0.3, -0.25) is 4.31 Å². The second-order valence-corrected chi connectivity index (χ2v) is 7.90. The van der Waals surface area contributed by atoms with E-state index >= 15 is 0 Å². The van der Waals surface area contributed by atoms with E-state index in [1.165, 1.54) is 22.7 Å². The Morgan fingerprint density at radius 1 is 1.32 bits per heavy atom. The Morgan fingerprint density at radius 2 is 1.95 bits per heavy atom. The van der Waals surface area contributed by atoms with Crippen molar-refractivity contribution in [2.45, 2.75) is 45.4 Å². The maximum atomic E-state index is 12.1. The summed E-state index contributed by atoms with van der Waals surface area (Å²) in [6.07, 6.45) is 2.45. The SMILES string of the molecule is CCS(=O)(=O)N(C)c1cc(C2CC2)ccc1C(C)C. The summed E-state index contributed by atoms with van der Waals surface area (Å²) in [6.45, 7) is 5.88. The molecule has 0 heterocycles. The number of nitrogens with zero attached hydrogens (tertiary/aromatic N) is 1. The Labute approximate surface area is 116 Å². The Bertz CT molecular complexity index is 560. The van der Waals surface area contributed by atoms with E-state index < -0.39 is 10.0 Å². The first-order valence-corrected chi connectivity index (χ1v) is 8.58. The molecule has 3 nitrogen and oxygen atoms in total. The normalized spacial score (nSPS) is 15.8. The molecular weight excluding hydrogens is 258 g/mol. The molecule has 0 aromatic heterocycles. The zero-order valence-electron chi connectivity index (χ0n) is 12.2. The average molecular weight is 281 g/mol. The Balaban J connectivity index is 2.48. The first-order chi connectivity index (χ1) is 8.86. The standard InChI is InChI=1S/C15H23NO2S/c1-5-19(17,18)16(4)15-10-13(12-6-7-12)8-9-14(15)11(2)3/h8-12H,5-7H2,1-4H3. The minimum Gasteiger partial charge on any atom is -0.273 e. The molecule has 0 radical (unpaired) electrons. The van der Waals surface area contributed by atoms with Crippen molar-refractivity contribution in [2.75, 3.05) is 17.1 Å². The summed E-state index contributed by atoms with van der Waals surface area (Å²) in [4.78, 5) is 0. The van der Waals surface area contributed by atoms with E-state index in [9.17, 15) is 8.42 Å². The highest BCUT2D eigenvalue weighted by Crippen LogP contribution is 2.42. The van der Waals surface area contributed by atoms with Crippen molar-refractivity contribution in [2.24, 2.45) is 0 Å². The largest absolute Gasteiger partial charge is 0.273 e. The minimum atomic E-state index is -3.20. The second-order valence-electron chi connectivity index (χ2n) is 5.62. The molecule has 4 heteroatoms. The van der Waals surface area contributed by atoms with Crippen molar-refractivity contribution in [3.05, 3.63) is 29.3 Å². The van der Waals surface area contributed by atoms with E-state index in [-0.39, 0.29) is 5.75 Å². The van der Waals surface area contributed by atoms with Crippen molar-refractivity contribution in [3.8, 4) is 0 Å². The molecule has 0 spiro atoms. The third-order valence-electron chi connectivity index (χ3n) is 3.85. The van der Waals surface area contributed by atoms with Gasteiger partial charge < -0.3 is 0 Å². The lowest BCUT2D eigenvalue weighted by molar-refractivity contribution is 0.595. The van der Waals surface area contributed by atoms with Crippen LogP contribution < -0.4 is 4.31 Å². The van der Waals surface area contributed by atoms with Crippen LogP contribution in [0.3, 0.4) is 0 Å². The molecule has 1 fully saturated rings. The molecule has 0 amide bonds. The Kier molecular flexibility index (Phi) is 3.90. The van der Waals surface area contributed by atoms with Crippen LogP contribution in [0.15, 0.2) is 18.2 Å². The molecule has 0 bridgehead atoms. The van der Waals surface area contributed by atoms with Crippen LogP contribution in [0.2, 0.25) is 0 Å². The number of benzene rings is 1. The zero-order valence-corrected chi connectivity index (χ0v) is 13.0. The summed E-state index contributed by atoms with van der Waals surface area (Å²) in [5, 5.41) is 0. The van der Waals surface area contributed by atoms with Crippen LogP contribution in [-0.4, -0.2) is 21.2 Å². The van der Waals surface area contributed by atoms with Crippen LogP contribution in [0, 0.1) is 0 Å². The van der Waals surface area contributed by atoms with Gasteiger partial charge in [-0.15, -0.1) is 0 Å². The van der Waals surface area contributed by atoms with Crippen LogP contribution in [0.1, 0.15) is 56.6 Å². The van der Waals surface area contributed by atoms with Crippen LogP contribution in [0.25, 0.3) is 0 Å². The van der Waals surface area contributed by atoms with Crippen molar-refractivity contribution >= 4 is 15.7 Å². The highest BCUT2D eigenvalue weighted by molar-refractivity contribution is 7.92. The smallest absolute Gasteiger partial charge is 0.234 e. The molecule has 2 rings (SSSR count). The van der Waals surface area contributed by atoms with Gasteiger partial charge in [0.25, 0.3) is 0 Å². The number of hydrogen-bond acceptors (Lipinski definition) is 2. The second kappa shape index (κ2) is 5.16. The van der Waals surface area contributed by atoms with E-state index in [0.717, 1.165) is 11.3 Å². The predicted octanol–water partition coefficient (Wildman–Crippen LogP) is 3.47. The molecule has 1 aliphatic carbocycles. The lowest BCUT2D eigenvalue weighted by Gasteiger charge is -2.24. The van der Waals surface area contributed by atoms with E-state index in [4.69, 9.17) is 0 Å². The molecule has 0 atom stereocenters. The van der Waals surface area contributed by atoms with Gasteiger partial charge in [0, 0.05) is 7.05 Å². The minimum absolute atomic E-state index is 0.134. The maximum absolute atomic E-state index is 12.1. The molecular formula is C15H23NO2S. The van der Waals surface area contributed by atoms with Crippen LogP contribution >= 0.6 is 0 Å². The molecule has 1 aromatic rings. The molecule has 1 aromatic carbocycles. The first-order valence-electron chi connectivity index (χ1n) is 6.97. The average Bonchev–Trinajstić information content (AvgIpc) is 3.21. The molecule has 1 aliphatic rings. The molecule has 0 saturated heterocycles. The van der Waals surface area contributed by atoms with Gasteiger partial charge in [0.2, 0.25) is 10.0 Å². The molecule has 0 unspecified atom stereocenters. The summed E-state index contributed by atoms with van der Waals surface area (Å²) < 4.78 is 25.6. The molecule has 0 aliphatic heterocycles. The lowest BCUT2D eigenvalue weighted by Crippen LogP contribution is -2.29. The Hall–Kier alpha value is -1.03. The maximum Gasteiger partial charge on any atom is 0.234 e. The first kappa shape index (κ1) is 14.4. The van der Waals surface area contributed by atoms with Gasteiger partial charge >= 0.3 is 0 Å². The van der Waals surface area contributed by atoms with Gasteiger partial charge in [-0.2, -0.15) is 0 Å². The summed E-state index contributed by atoms with van der Waals surface area (Å²) in [5.74, 6) is 1.09. The van der Waals surface area contributed by atoms with Gasteiger partial charge in [-0.1, -0.05) is 26.0 Å². The molecule has 0 N–H and O–H groups in total. The quantitative estimate of drug-likeness (QED) is 0.828. The summed E-state index contributed by atoms with van der Waals surface area (Å²) in [6, 6.07) is 6.32. The fraction of sp³-hybridized carbons (Fsp3) is 0.600. The van der Waals surface area contributed by atoms with E-state index in [1.807, 2.05) is 0 Å². The van der Waals surface area contributed by atoms with Gasteiger partial charge in [0.1, 0.15) is 0 Å². The van der Waals surface area contributed by atoms with Gasteiger partial charge in [0.15, 0.2) is 0 Å². The lowest BCUT2D eigenvalue weighted by atomic mass is 9.98. The number of hydrogen-bond donors (Lipinski definition) is 0. The van der Waals surface area contributed by atoms with Crippen molar-refractivity contribution in [1.82, 2.24) is 0 Å². The summed E-state index contributed by atoms with van der Waals surface area (Å²) in [7, 11) is -1.53. The monoisotopic (exact) mass is 281 g/mol. The molecule has 106 valence electrons. The van der Waals surface area contributed by atoms with E-state index in [2.05, 4.69) is 32.0 Å². The van der Waals surface area contributed by atoms with E-state index in [1.54, 1.807) is 14.0 Å². The highest BCUT2D eigenvalue weighted by Gasteiger charge is 2.26. The van der Waals surface area contributed by atoms with Crippen LogP contribution in [0.5, 0.6) is 0 Å². The summed E-state index contributed by atoms with van der Waals surface area (Å²) >= 11 is 0. The molecule has 19 heavy (non-hydrogen) atoms. The van der Waals surface area contributed by atoms with Crippen molar-refractivity contribution < 1.29 is 8.42 Å². The molecule has 1 saturated carbocycles. The van der Waals surface area contributed by atoms with Crippen molar-refractivity contribution in [1.29, 1.82) is 0 Å². The summed E-state index contributed by atoms with van der Waals surface area (Å²) in [5.41, 5.74) is 3.22. The Morgan fingerprint density at radius 3 is 2.42 bits per heavy atom.